The molecule has 1 aromatic rings. The molecule has 3 amide bonds. The van der Waals surface area contributed by atoms with Crippen LogP contribution in [0.4, 0.5) is 10.5 Å². The van der Waals surface area contributed by atoms with E-state index in [0.29, 0.717) is 5.41 Å². The van der Waals surface area contributed by atoms with Gasteiger partial charge in [-0.2, -0.15) is 0 Å². The van der Waals surface area contributed by atoms with Gasteiger partial charge in [-0.3, -0.25) is 4.79 Å². The van der Waals surface area contributed by atoms with Crippen molar-refractivity contribution in [2.45, 2.75) is 33.6 Å². The first-order valence-corrected chi connectivity index (χ1v) is 7.83. The van der Waals surface area contributed by atoms with E-state index in [1.165, 1.54) is 16.9 Å². The number of urea groups is 1. The molecule has 0 atom stereocenters. The summed E-state index contributed by atoms with van der Waals surface area (Å²) < 4.78 is 0. The average molecular weight is 321 g/mol. The number of carbonyl (C=O) groups is 2. The second-order valence-corrected chi connectivity index (χ2v) is 6.53. The van der Waals surface area contributed by atoms with Gasteiger partial charge in [0.15, 0.2) is 0 Å². The minimum Gasteiger partial charge on any atom is -0.341 e. The van der Waals surface area contributed by atoms with Gasteiger partial charge in [-0.15, -0.1) is 0 Å². The number of hydrogen-bond acceptors (Lipinski definition) is 2. The van der Waals surface area contributed by atoms with E-state index in [1.807, 2.05) is 12.1 Å². The Kier molecular flexibility index (Phi) is 9.00. The number of rotatable bonds is 5. The van der Waals surface area contributed by atoms with E-state index in [1.54, 1.807) is 33.1 Å². The zero-order valence-corrected chi connectivity index (χ0v) is 15.5. The zero-order chi connectivity index (χ0) is 18.0. The monoisotopic (exact) mass is 321 g/mol. The summed E-state index contributed by atoms with van der Waals surface area (Å²) in [7, 11) is 6.75. The van der Waals surface area contributed by atoms with Crippen LogP contribution in [0.2, 0.25) is 0 Å². The fraction of sp³-hybridized carbons (Fsp3) is 0.556. The van der Waals surface area contributed by atoms with Crippen molar-refractivity contribution in [3.8, 4) is 0 Å². The van der Waals surface area contributed by atoms with Crippen LogP contribution in [-0.4, -0.2) is 45.5 Å². The molecular formula is C18H31N3O2. The van der Waals surface area contributed by atoms with Crippen molar-refractivity contribution in [2.75, 3.05) is 33.1 Å². The van der Waals surface area contributed by atoms with Gasteiger partial charge >= 0.3 is 6.03 Å². The van der Waals surface area contributed by atoms with Gasteiger partial charge in [0.05, 0.1) is 0 Å². The molecule has 130 valence electrons. The molecule has 0 heterocycles. The maximum Gasteiger partial charge on any atom is 0.316 e. The molecular weight excluding hydrogens is 290 g/mol. The summed E-state index contributed by atoms with van der Waals surface area (Å²) >= 11 is 0. The van der Waals surface area contributed by atoms with Gasteiger partial charge in [-0.25, -0.2) is 4.79 Å². The van der Waals surface area contributed by atoms with Crippen LogP contribution >= 0.6 is 0 Å². The number of benzene rings is 1. The fourth-order valence-corrected chi connectivity index (χ4v) is 1.81. The van der Waals surface area contributed by atoms with Crippen molar-refractivity contribution < 1.29 is 9.59 Å². The number of amides is 3. The van der Waals surface area contributed by atoms with Crippen molar-refractivity contribution in [1.82, 2.24) is 10.2 Å². The molecule has 0 radical (unpaired) electrons. The van der Waals surface area contributed by atoms with E-state index in [9.17, 15) is 9.59 Å². The predicted molar refractivity (Wildman–Crippen MR) is 96.8 cm³/mol. The topological polar surface area (TPSA) is 52.7 Å². The van der Waals surface area contributed by atoms with E-state index >= 15 is 0 Å². The average Bonchev–Trinajstić information content (AvgIpc) is 2.54. The van der Waals surface area contributed by atoms with Crippen molar-refractivity contribution in [3.63, 3.8) is 0 Å². The molecule has 1 aromatic carbocycles. The maximum absolute atomic E-state index is 10.6. The first-order chi connectivity index (χ1) is 10.7. The van der Waals surface area contributed by atoms with Crippen molar-refractivity contribution in [2.24, 2.45) is 5.41 Å². The highest BCUT2D eigenvalue weighted by atomic mass is 16.2. The third-order valence-corrected chi connectivity index (χ3v) is 3.76. The smallest absolute Gasteiger partial charge is 0.316 e. The molecule has 0 aliphatic rings. The van der Waals surface area contributed by atoms with Crippen LogP contribution in [0.15, 0.2) is 24.3 Å². The van der Waals surface area contributed by atoms with Crippen LogP contribution in [0, 0.1) is 5.41 Å². The Hall–Kier alpha value is -2.04. The second kappa shape index (κ2) is 9.87. The summed E-state index contributed by atoms with van der Waals surface area (Å²) in [6, 6.07) is 8.13. The van der Waals surface area contributed by atoms with Crippen LogP contribution in [0.5, 0.6) is 0 Å². The van der Waals surface area contributed by atoms with Crippen LogP contribution in [0.25, 0.3) is 0 Å². The van der Waals surface area contributed by atoms with Crippen molar-refractivity contribution >= 4 is 18.1 Å². The molecule has 5 nitrogen and oxygen atoms in total. The van der Waals surface area contributed by atoms with Gasteiger partial charge in [0, 0.05) is 33.9 Å². The number of carbonyl (C=O) groups excluding carboxylic acids is 2. The minimum absolute atomic E-state index is 0.0694. The number of nitrogens with one attached hydrogen (secondary N) is 1. The molecule has 0 bridgehead atoms. The molecule has 0 spiro atoms. The SMILES string of the molecule is CCC(C)(C)Cc1ccc(N(C)C=O)cc1.CNC(=O)N(C)C. The Bertz CT molecular complexity index is 482. The summed E-state index contributed by atoms with van der Waals surface area (Å²) in [5.74, 6) is 0. The van der Waals surface area contributed by atoms with Crippen LogP contribution < -0.4 is 10.2 Å². The van der Waals surface area contributed by atoms with Gasteiger partial charge in [0.2, 0.25) is 6.41 Å². The van der Waals surface area contributed by atoms with Gasteiger partial charge < -0.3 is 15.1 Å². The molecule has 0 aliphatic carbocycles. The van der Waals surface area contributed by atoms with E-state index in [4.69, 9.17) is 0 Å². The molecule has 0 aromatic heterocycles. The summed E-state index contributed by atoms with van der Waals surface area (Å²) in [6.45, 7) is 6.77. The lowest BCUT2D eigenvalue weighted by Gasteiger charge is -2.22. The normalized spacial score (nSPS) is 10.2. The highest BCUT2D eigenvalue weighted by molar-refractivity contribution is 5.74. The number of anilines is 1. The van der Waals surface area contributed by atoms with Gasteiger partial charge in [-0.1, -0.05) is 39.3 Å². The largest absolute Gasteiger partial charge is 0.341 e. The van der Waals surface area contributed by atoms with E-state index in [0.717, 1.165) is 18.5 Å². The lowest BCUT2D eigenvalue weighted by molar-refractivity contribution is -0.107. The predicted octanol–water partition coefficient (Wildman–Crippen LogP) is 3.15. The Labute approximate surface area is 140 Å². The molecule has 5 heteroatoms. The molecule has 0 unspecified atom stereocenters. The molecule has 0 saturated carbocycles. The molecule has 23 heavy (non-hydrogen) atoms. The minimum atomic E-state index is -0.0694. The molecule has 1 N–H and O–H groups in total. The summed E-state index contributed by atoms with van der Waals surface area (Å²) in [4.78, 5) is 24.0. The number of hydrogen-bond donors (Lipinski definition) is 1. The third kappa shape index (κ3) is 8.24. The zero-order valence-electron chi connectivity index (χ0n) is 15.5. The Balaban J connectivity index is 0.000000585. The number of nitrogens with zero attached hydrogens (tertiary/aromatic N) is 2. The van der Waals surface area contributed by atoms with Crippen molar-refractivity contribution in [1.29, 1.82) is 0 Å². The van der Waals surface area contributed by atoms with E-state index in [2.05, 4.69) is 38.2 Å². The standard InChI is InChI=1S/C14H21NO.C4H10N2O/c1-5-14(2,3)10-12-6-8-13(9-7-12)15(4)11-16;1-5-4(7)6(2)3/h6-9,11H,5,10H2,1-4H3;1-3H3,(H,5,7). The second-order valence-electron chi connectivity index (χ2n) is 6.53. The first-order valence-electron chi connectivity index (χ1n) is 7.83. The van der Waals surface area contributed by atoms with Crippen LogP contribution in [-0.2, 0) is 11.2 Å². The summed E-state index contributed by atoms with van der Waals surface area (Å²) in [6.07, 6.45) is 3.07. The molecule has 0 saturated heterocycles. The first kappa shape index (κ1) is 21.0. The summed E-state index contributed by atoms with van der Waals surface area (Å²) in [5, 5.41) is 2.45. The maximum atomic E-state index is 10.6. The Morgan fingerprint density at radius 2 is 1.70 bits per heavy atom. The molecule has 0 fully saturated rings. The van der Waals surface area contributed by atoms with Crippen LogP contribution in [0.3, 0.4) is 0 Å². The quantitative estimate of drug-likeness (QED) is 0.847. The highest BCUT2D eigenvalue weighted by Crippen LogP contribution is 2.26. The lowest BCUT2D eigenvalue weighted by atomic mass is 9.83. The highest BCUT2D eigenvalue weighted by Gasteiger charge is 2.15. The lowest BCUT2D eigenvalue weighted by Crippen LogP contribution is -2.31. The van der Waals surface area contributed by atoms with Crippen molar-refractivity contribution in [3.05, 3.63) is 29.8 Å². The Morgan fingerprint density at radius 3 is 2.00 bits per heavy atom. The molecule has 0 aliphatic heterocycles. The Morgan fingerprint density at radius 1 is 1.17 bits per heavy atom. The summed E-state index contributed by atoms with van der Waals surface area (Å²) in [5.41, 5.74) is 2.61. The van der Waals surface area contributed by atoms with E-state index in [-0.39, 0.29) is 6.03 Å². The third-order valence-electron chi connectivity index (χ3n) is 3.76. The van der Waals surface area contributed by atoms with Gasteiger partial charge in [0.1, 0.15) is 0 Å². The van der Waals surface area contributed by atoms with Gasteiger partial charge in [0.25, 0.3) is 0 Å². The van der Waals surface area contributed by atoms with Gasteiger partial charge in [-0.05, 0) is 29.5 Å². The molecule has 1 rings (SSSR count). The van der Waals surface area contributed by atoms with E-state index < -0.39 is 0 Å². The fourth-order valence-electron chi connectivity index (χ4n) is 1.81. The van der Waals surface area contributed by atoms with Crippen LogP contribution in [0.1, 0.15) is 32.8 Å².